The highest BCUT2D eigenvalue weighted by Gasteiger charge is 2.65. The molecule has 0 saturated heterocycles. The number of aromatic hydroxyl groups is 1. The molecule has 5 rings (SSSR count). The number of carbonyl (C=O) groups is 1. The summed E-state index contributed by atoms with van der Waals surface area (Å²) < 4.78 is 5.35. The Morgan fingerprint density at radius 1 is 1.23 bits per heavy atom. The van der Waals surface area contributed by atoms with E-state index in [0.29, 0.717) is 30.9 Å². The van der Waals surface area contributed by atoms with Crippen LogP contribution in [0.15, 0.2) is 12.1 Å². The maximum atomic E-state index is 12.5. The molecule has 4 aliphatic rings. The molecule has 0 amide bonds. The second kappa shape index (κ2) is 5.48. The van der Waals surface area contributed by atoms with Gasteiger partial charge < -0.3 is 14.9 Å². The standard InChI is InChI=1S/C22H28O4/c1-26-18-5-4-15-11-17-14(10-13-2-3-13)6-8-21(19(15)20(18)24)12-16(23)7-9-22(17,21)25/h4-5,13-14,17,24-25H,2-3,6-12H2,1H3/t14?,17-,21+,22+/m0/s1. The van der Waals surface area contributed by atoms with Gasteiger partial charge in [0.1, 0.15) is 5.78 Å². The molecular formula is C22H28O4. The molecule has 3 fully saturated rings. The van der Waals surface area contributed by atoms with Gasteiger partial charge in [-0.3, -0.25) is 4.79 Å². The molecule has 4 aliphatic carbocycles. The highest BCUT2D eigenvalue weighted by molar-refractivity contribution is 5.83. The fourth-order valence-corrected chi connectivity index (χ4v) is 6.56. The van der Waals surface area contributed by atoms with E-state index in [2.05, 4.69) is 0 Å². The van der Waals surface area contributed by atoms with E-state index >= 15 is 0 Å². The zero-order chi connectivity index (χ0) is 18.1. The molecule has 1 unspecified atom stereocenters. The SMILES string of the molecule is COc1ccc2c(c1O)[C@]13CCC(CC4CC4)[C@H](C2)[C@]1(O)CCC(=O)C3. The molecule has 4 nitrogen and oxygen atoms in total. The number of phenolic OH excluding ortho intramolecular Hbond substituents is 1. The van der Waals surface area contributed by atoms with Crippen LogP contribution in [0, 0.1) is 17.8 Å². The average molecular weight is 356 g/mol. The van der Waals surface area contributed by atoms with Gasteiger partial charge in [0.15, 0.2) is 11.5 Å². The van der Waals surface area contributed by atoms with Crippen molar-refractivity contribution >= 4 is 5.78 Å². The average Bonchev–Trinajstić information content (AvgIpc) is 3.42. The van der Waals surface area contributed by atoms with Crippen LogP contribution in [-0.2, 0) is 16.6 Å². The Balaban J connectivity index is 1.68. The number of ether oxygens (including phenoxy) is 1. The van der Waals surface area contributed by atoms with Gasteiger partial charge in [-0.2, -0.15) is 0 Å². The Labute approximate surface area is 154 Å². The van der Waals surface area contributed by atoms with Crippen molar-refractivity contribution in [3.8, 4) is 11.5 Å². The normalized spacial score (nSPS) is 38.5. The van der Waals surface area contributed by atoms with Crippen molar-refractivity contribution in [2.75, 3.05) is 7.11 Å². The largest absolute Gasteiger partial charge is 0.504 e. The molecule has 140 valence electrons. The van der Waals surface area contributed by atoms with Crippen LogP contribution in [0.1, 0.15) is 62.5 Å². The highest BCUT2D eigenvalue weighted by Crippen LogP contribution is 2.65. The van der Waals surface area contributed by atoms with E-state index in [4.69, 9.17) is 4.74 Å². The van der Waals surface area contributed by atoms with Crippen molar-refractivity contribution in [3.05, 3.63) is 23.3 Å². The van der Waals surface area contributed by atoms with Crippen molar-refractivity contribution in [1.82, 2.24) is 0 Å². The van der Waals surface area contributed by atoms with Gasteiger partial charge in [-0.25, -0.2) is 0 Å². The minimum atomic E-state index is -0.879. The van der Waals surface area contributed by atoms with E-state index in [1.54, 1.807) is 7.11 Å². The van der Waals surface area contributed by atoms with Crippen LogP contribution in [0.4, 0.5) is 0 Å². The number of hydrogen-bond acceptors (Lipinski definition) is 4. The van der Waals surface area contributed by atoms with E-state index in [1.165, 1.54) is 19.3 Å². The van der Waals surface area contributed by atoms with Crippen molar-refractivity contribution in [2.24, 2.45) is 17.8 Å². The minimum Gasteiger partial charge on any atom is -0.504 e. The van der Waals surface area contributed by atoms with E-state index in [9.17, 15) is 15.0 Å². The Bertz CT molecular complexity index is 768. The number of benzene rings is 1. The van der Waals surface area contributed by atoms with Crippen LogP contribution in [0.2, 0.25) is 0 Å². The predicted molar refractivity (Wildman–Crippen MR) is 97.4 cm³/mol. The lowest BCUT2D eigenvalue weighted by Gasteiger charge is -2.62. The third-order valence-corrected chi connectivity index (χ3v) is 7.94. The third-order valence-electron chi connectivity index (χ3n) is 7.94. The van der Waals surface area contributed by atoms with Gasteiger partial charge in [-0.1, -0.05) is 18.9 Å². The van der Waals surface area contributed by atoms with Crippen LogP contribution in [0.3, 0.4) is 0 Å². The summed E-state index contributed by atoms with van der Waals surface area (Å²) in [6.45, 7) is 0. The molecule has 2 bridgehead atoms. The third kappa shape index (κ3) is 2.08. The summed E-state index contributed by atoms with van der Waals surface area (Å²) in [4.78, 5) is 12.5. The second-order valence-corrected chi connectivity index (χ2v) is 9.16. The first kappa shape index (κ1) is 16.6. The van der Waals surface area contributed by atoms with Crippen molar-refractivity contribution < 1.29 is 19.7 Å². The Hall–Kier alpha value is -1.55. The van der Waals surface area contributed by atoms with Crippen LogP contribution >= 0.6 is 0 Å². The molecule has 3 saturated carbocycles. The van der Waals surface area contributed by atoms with Gasteiger partial charge in [0, 0.05) is 23.8 Å². The summed E-state index contributed by atoms with van der Waals surface area (Å²) in [6, 6.07) is 3.87. The summed E-state index contributed by atoms with van der Waals surface area (Å²) >= 11 is 0. The first-order valence-electron chi connectivity index (χ1n) is 10.1. The minimum absolute atomic E-state index is 0.136. The maximum absolute atomic E-state index is 12.5. The number of rotatable bonds is 3. The number of fused-ring (bicyclic) bond motifs is 1. The Kier molecular flexibility index (Phi) is 3.50. The quantitative estimate of drug-likeness (QED) is 0.870. The van der Waals surface area contributed by atoms with Gasteiger partial charge in [0.25, 0.3) is 0 Å². The molecule has 26 heavy (non-hydrogen) atoms. The van der Waals surface area contributed by atoms with E-state index in [1.807, 2.05) is 12.1 Å². The van der Waals surface area contributed by atoms with Gasteiger partial charge in [-0.15, -0.1) is 0 Å². The molecule has 0 aliphatic heterocycles. The fourth-order valence-electron chi connectivity index (χ4n) is 6.56. The molecule has 4 atom stereocenters. The van der Waals surface area contributed by atoms with E-state index in [0.717, 1.165) is 36.3 Å². The number of ketones is 1. The first-order chi connectivity index (χ1) is 12.5. The number of Topliss-reactive ketones (excluding diaryl/α,β-unsaturated/α-hetero) is 1. The molecule has 4 heteroatoms. The van der Waals surface area contributed by atoms with Crippen LogP contribution in [0.5, 0.6) is 11.5 Å². The van der Waals surface area contributed by atoms with Gasteiger partial charge in [0.2, 0.25) is 0 Å². The molecule has 1 aromatic carbocycles. The van der Waals surface area contributed by atoms with Gasteiger partial charge in [0.05, 0.1) is 12.7 Å². The topological polar surface area (TPSA) is 66.8 Å². The smallest absolute Gasteiger partial charge is 0.161 e. The summed E-state index contributed by atoms with van der Waals surface area (Å²) in [5.74, 6) is 2.36. The Morgan fingerprint density at radius 3 is 2.77 bits per heavy atom. The number of aliphatic hydroxyl groups is 1. The monoisotopic (exact) mass is 356 g/mol. The van der Waals surface area contributed by atoms with Crippen molar-refractivity contribution in [1.29, 1.82) is 0 Å². The molecule has 1 aromatic rings. The maximum Gasteiger partial charge on any atom is 0.161 e. The van der Waals surface area contributed by atoms with E-state index < -0.39 is 11.0 Å². The Morgan fingerprint density at radius 2 is 2.04 bits per heavy atom. The van der Waals surface area contributed by atoms with Crippen molar-refractivity contribution in [3.63, 3.8) is 0 Å². The predicted octanol–water partition coefficient (Wildman–Crippen LogP) is 3.51. The van der Waals surface area contributed by atoms with Crippen LogP contribution < -0.4 is 4.74 Å². The lowest BCUT2D eigenvalue weighted by Crippen LogP contribution is -2.66. The number of methoxy groups -OCH3 is 1. The van der Waals surface area contributed by atoms with Crippen molar-refractivity contribution in [2.45, 2.75) is 68.8 Å². The summed E-state index contributed by atoms with van der Waals surface area (Å²) in [5.41, 5.74) is 0.385. The lowest BCUT2D eigenvalue weighted by atomic mass is 9.43. The molecule has 0 spiro atoms. The molecule has 0 heterocycles. The van der Waals surface area contributed by atoms with E-state index in [-0.39, 0.29) is 17.5 Å². The van der Waals surface area contributed by atoms with Crippen LogP contribution in [0.25, 0.3) is 0 Å². The number of carbonyl (C=O) groups excluding carboxylic acids is 1. The first-order valence-corrected chi connectivity index (χ1v) is 10.1. The second-order valence-electron chi connectivity index (χ2n) is 9.16. The molecule has 2 N–H and O–H groups in total. The molecule has 0 aromatic heterocycles. The summed E-state index contributed by atoms with van der Waals surface area (Å²) in [7, 11) is 1.55. The lowest BCUT2D eigenvalue weighted by molar-refractivity contribution is -0.173. The fraction of sp³-hybridized carbons (Fsp3) is 0.682. The van der Waals surface area contributed by atoms with Crippen LogP contribution in [-0.4, -0.2) is 28.7 Å². The number of hydrogen-bond donors (Lipinski definition) is 2. The van der Waals surface area contributed by atoms with Gasteiger partial charge >= 0.3 is 0 Å². The zero-order valence-electron chi connectivity index (χ0n) is 15.5. The zero-order valence-corrected chi connectivity index (χ0v) is 15.5. The van der Waals surface area contributed by atoms with Gasteiger partial charge in [-0.05, 0) is 61.5 Å². The number of phenols is 1. The molecule has 0 radical (unpaired) electrons. The molecular weight excluding hydrogens is 328 g/mol. The highest BCUT2D eigenvalue weighted by atomic mass is 16.5. The summed E-state index contributed by atoms with van der Waals surface area (Å²) in [5, 5.41) is 23.0. The summed E-state index contributed by atoms with van der Waals surface area (Å²) in [6.07, 6.45) is 7.87.